The van der Waals surface area contributed by atoms with Gasteiger partial charge in [0.25, 0.3) is 0 Å². The van der Waals surface area contributed by atoms with E-state index in [1.807, 2.05) is 13.8 Å². The Bertz CT molecular complexity index is 344. The summed E-state index contributed by atoms with van der Waals surface area (Å²) in [4.78, 5) is 0. The number of nitrogens with zero attached hydrogens (tertiary/aromatic N) is 3. The van der Waals surface area contributed by atoms with Crippen molar-refractivity contribution in [3.8, 4) is 0 Å². The zero-order chi connectivity index (χ0) is 9.84. The zero-order valence-electron chi connectivity index (χ0n) is 7.57. The molecule has 0 aliphatic carbocycles. The second-order valence-electron chi connectivity index (χ2n) is 2.62. The van der Waals surface area contributed by atoms with Crippen LogP contribution >= 0.6 is 0 Å². The predicted octanol–water partition coefficient (Wildman–Crippen LogP) is -0.284. The van der Waals surface area contributed by atoms with Crippen molar-refractivity contribution < 1.29 is 0 Å². The molecule has 13 heavy (non-hydrogen) atoms. The average molecular weight is 180 g/mol. The molecule has 6 nitrogen and oxygen atoms in total. The van der Waals surface area contributed by atoms with Gasteiger partial charge in [-0.05, 0) is 13.8 Å². The molecule has 1 rings (SSSR count). The van der Waals surface area contributed by atoms with E-state index >= 15 is 0 Å². The van der Waals surface area contributed by atoms with Gasteiger partial charge < -0.3 is 11.5 Å². The maximum absolute atomic E-state index is 5.13. The van der Waals surface area contributed by atoms with Gasteiger partial charge in [-0.2, -0.15) is 10.2 Å². The summed E-state index contributed by atoms with van der Waals surface area (Å²) in [5, 5.41) is 14.0. The van der Waals surface area contributed by atoms with Crippen molar-refractivity contribution in [2.75, 3.05) is 0 Å². The first-order valence-corrected chi connectivity index (χ1v) is 3.75. The SMILES string of the molecule is CC(=NN=C(N)N)c1cn[nH]c1C. The summed E-state index contributed by atoms with van der Waals surface area (Å²) in [7, 11) is 0. The second-order valence-corrected chi connectivity index (χ2v) is 2.62. The van der Waals surface area contributed by atoms with Crippen LogP contribution in [0.25, 0.3) is 0 Å². The van der Waals surface area contributed by atoms with Gasteiger partial charge in [0.05, 0.1) is 11.9 Å². The van der Waals surface area contributed by atoms with Crippen LogP contribution in [0.4, 0.5) is 0 Å². The quantitative estimate of drug-likeness (QED) is 0.331. The van der Waals surface area contributed by atoms with Gasteiger partial charge in [-0.25, -0.2) is 0 Å². The van der Waals surface area contributed by atoms with Crippen LogP contribution in [0, 0.1) is 6.92 Å². The second kappa shape index (κ2) is 3.70. The van der Waals surface area contributed by atoms with E-state index in [9.17, 15) is 0 Å². The van der Waals surface area contributed by atoms with Crippen LogP contribution in [0.3, 0.4) is 0 Å². The Morgan fingerprint density at radius 1 is 1.46 bits per heavy atom. The molecule has 1 aromatic heterocycles. The molecule has 0 saturated carbocycles. The van der Waals surface area contributed by atoms with Crippen molar-refractivity contribution in [3.63, 3.8) is 0 Å². The summed E-state index contributed by atoms with van der Waals surface area (Å²) < 4.78 is 0. The third-order valence-electron chi connectivity index (χ3n) is 1.54. The Morgan fingerprint density at radius 2 is 2.15 bits per heavy atom. The fourth-order valence-electron chi connectivity index (χ4n) is 0.902. The normalized spacial score (nSPS) is 11.4. The van der Waals surface area contributed by atoms with E-state index in [4.69, 9.17) is 11.5 Å². The molecule has 0 fully saturated rings. The van der Waals surface area contributed by atoms with Crippen molar-refractivity contribution in [3.05, 3.63) is 17.5 Å². The molecule has 5 N–H and O–H groups in total. The highest BCUT2D eigenvalue weighted by atomic mass is 15.3. The fourth-order valence-corrected chi connectivity index (χ4v) is 0.902. The number of hydrogen-bond donors (Lipinski definition) is 3. The Kier molecular flexibility index (Phi) is 2.63. The standard InChI is InChI=1S/C7H12N6/c1-4-6(3-10-11-4)5(2)12-13-7(8)9/h3H,1-2H3,(H,10,11)(H4,8,9,13). The molecule has 0 atom stereocenters. The number of rotatable bonds is 2. The van der Waals surface area contributed by atoms with E-state index in [1.165, 1.54) is 0 Å². The summed E-state index contributed by atoms with van der Waals surface area (Å²) in [5.74, 6) is -0.0551. The highest BCUT2D eigenvalue weighted by Gasteiger charge is 2.02. The van der Waals surface area contributed by atoms with Gasteiger partial charge in [0.15, 0.2) is 0 Å². The van der Waals surface area contributed by atoms with Crippen molar-refractivity contribution in [1.82, 2.24) is 10.2 Å². The highest BCUT2D eigenvalue weighted by Crippen LogP contribution is 2.04. The number of hydrogen-bond acceptors (Lipinski definition) is 3. The molecule has 1 heterocycles. The largest absolute Gasteiger partial charge is 0.369 e. The van der Waals surface area contributed by atoms with Gasteiger partial charge >= 0.3 is 0 Å². The number of aromatic amines is 1. The molecule has 0 amide bonds. The van der Waals surface area contributed by atoms with Gasteiger partial charge in [0.2, 0.25) is 5.96 Å². The number of aromatic nitrogens is 2. The van der Waals surface area contributed by atoms with Crippen LogP contribution in [-0.2, 0) is 0 Å². The molecule has 0 aliphatic rings. The first-order chi connectivity index (χ1) is 6.11. The Morgan fingerprint density at radius 3 is 2.62 bits per heavy atom. The lowest BCUT2D eigenvalue weighted by atomic mass is 10.2. The minimum atomic E-state index is -0.0551. The molecule has 1 aromatic rings. The van der Waals surface area contributed by atoms with Crippen LogP contribution in [0.5, 0.6) is 0 Å². The lowest BCUT2D eigenvalue weighted by molar-refractivity contribution is 1.05. The van der Waals surface area contributed by atoms with Crippen LogP contribution in [0.2, 0.25) is 0 Å². The summed E-state index contributed by atoms with van der Waals surface area (Å²) in [6, 6.07) is 0. The molecular formula is C7H12N6. The molecule has 70 valence electrons. The van der Waals surface area contributed by atoms with Crippen LogP contribution < -0.4 is 11.5 Å². The molecule has 0 radical (unpaired) electrons. The van der Waals surface area contributed by atoms with Crippen molar-refractivity contribution >= 4 is 11.7 Å². The minimum Gasteiger partial charge on any atom is -0.369 e. The maximum Gasteiger partial charge on any atom is 0.211 e. The highest BCUT2D eigenvalue weighted by molar-refractivity contribution is 5.99. The Hall–Kier alpha value is -1.85. The Balaban J connectivity index is 2.91. The molecule has 0 aromatic carbocycles. The number of H-pyrrole nitrogens is 1. The Labute approximate surface area is 75.7 Å². The number of aryl methyl sites for hydroxylation is 1. The first kappa shape index (κ1) is 9.24. The van der Waals surface area contributed by atoms with Gasteiger partial charge in [0, 0.05) is 11.3 Å². The fraction of sp³-hybridized carbons (Fsp3) is 0.286. The minimum absolute atomic E-state index is 0.0551. The maximum atomic E-state index is 5.13. The van der Waals surface area contributed by atoms with E-state index in [0.29, 0.717) is 0 Å². The number of nitrogens with two attached hydrogens (primary N) is 2. The molecule has 0 unspecified atom stereocenters. The summed E-state index contributed by atoms with van der Waals surface area (Å²) in [6.45, 7) is 3.71. The smallest absolute Gasteiger partial charge is 0.211 e. The lowest BCUT2D eigenvalue weighted by Crippen LogP contribution is -2.22. The monoisotopic (exact) mass is 180 g/mol. The van der Waals surface area contributed by atoms with E-state index < -0.39 is 0 Å². The van der Waals surface area contributed by atoms with Crippen molar-refractivity contribution in [1.29, 1.82) is 0 Å². The van der Waals surface area contributed by atoms with E-state index in [2.05, 4.69) is 20.4 Å². The van der Waals surface area contributed by atoms with E-state index in [1.54, 1.807) is 6.20 Å². The molecule has 0 aliphatic heterocycles. The van der Waals surface area contributed by atoms with Gasteiger partial charge in [-0.15, -0.1) is 5.10 Å². The summed E-state index contributed by atoms with van der Waals surface area (Å²) in [6.07, 6.45) is 1.68. The molecule has 0 saturated heterocycles. The number of guanidine groups is 1. The molecular weight excluding hydrogens is 168 g/mol. The van der Waals surface area contributed by atoms with Crippen LogP contribution in [-0.4, -0.2) is 21.9 Å². The van der Waals surface area contributed by atoms with Crippen LogP contribution in [0.15, 0.2) is 16.4 Å². The zero-order valence-corrected chi connectivity index (χ0v) is 7.57. The van der Waals surface area contributed by atoms with Crippen molar-refractivity contribution in [2.45, 2.75) is 13.8 Å². The lowest BCUT2D eigenvalue weighted by Gasteiger charge is -1.94. The third kappa shape index (κ3) is 2.29. The molecule has 0 bridgehead atoms. The van der Waals surface area contributed by atoms with Gasteiger partial charge in [0.1, 0.15) is 0 Å². The van der Waals surface area contributed by atoms with Crippen molar-refractivity contribution in [2.24, 2.45) is 21.7 Å². The topological polar surface area (TPSA) is 105 Å². The van der Waals surface area contributed by atoms with Crippen LogP contribution in [0.1, 0.15) is 18.2 Å². The van der Waals surface area contributed by atoms with E-state index in [0.717, 1.165) is 17.0 Å². The van der Waals surface area contributed by atoms with Gasteiger partial charge in [-0.1, -0.05) is 0 Å². The summed E-state index contributed by atoms with van der Waals surface area (Å²) in [5.41, 5.74) is 12.8. The summed E-state index contributed by atoms with van der Waals surface area (Å²) >= 11 is 0. The third-order valence-corrected chi connectivity index (χ3v) is 1.54. The molecule has 6 heteroatoms. The first-order valence-electron chi connectivity index (χ1n) is 3.75. The molecule has 0 spiro atoms. The number of nitrogens with one attached hydrogen (secondary N) is 1. The van der Waals surface area contributed by atoms with Gasteiger partial charge in [-0.3, -0.25) is 5.10 Å². The predicted molar refractivity (Wildman–Crippen MR) is 51.3 cm³/mol. The van der Waals surface area contributed by atoms with E-state index in [-0.39, 0.29) is 5.96 Å². The average Bonchev–Trinajstić information content (AvgIpc) is 2.47.